The fourth-order valence-corrected chi connectivity index (χ4v) is 5.25. The maximum Gasteiger partial charge on any atom is 0.243 e. The van der Waals surface area contributed by atoms with Gasteiger partial charge in [0.25, 0.3) is 0 Å². The van der Waals surface area contributed by atoms with Crippen LogP contribution >= 0.6 is 11.6 Å². The number of carbonyl (C=O) groups excluding carboxylic acids is 1. The molecule has 0 spiro atoms. The molecule has 1 N–H and O–H groups in total. The highest BCUT2D eigenvalue weighted by Crippen LogP contribution is 2.27. The first-order valence-electron chi connectivity index (χ1n) is 9.85. The van der Waals surface area contributed by atoms with Gasteiger partial charge in [-0.15, -0.1) is 0 Å². The Kier molecular flexibility index (Phi) is 6.66. The van der Waals surface area contributed by atoms with Gasteiger partial charge in [0.1, 0.15) is 0 Å². The van der Waals surface area contributed by atoms with Gasteiger partial charge in [-0.25, -0.2) is 8.42 Å². The number of carbonyl (C=O) groups is 1. The van der Waals surface area contributed by atoms with Crippen LogP contribution in [0.5, 0.6) is 0 Å². The van der Waals surface area contributed by atoms with Crippen molar-refractivity contribution in [3.05, 3.63) is 58.6 Å². The van der Waals surface area contributed by atoms with E-state index < -0.39 is 10.0 Å². The summed E-state index contributed by atoms with van der Waals surface area (Å²) in [4.78, 5) is 12.9. The van der Waals surface area contributed by atoms with Crippen LogP contribution in [0.2, 0.25) is 5.02 Å². The molecule has 5 nitrogen and oxygen atoms in total. The number of rotatable bonds is 5. The van der Waals surface area contributed by atoms with Gasteiger partial charge in [0.15, 0.2) is 0 Å². The summed E-state index contributed by atoms with van der Waals surface area (Å²) in [6.45, 7) is 6.63. The van der Waals surface area contributed by atoms with Crippen LogP contribution < -0.4 is 5.32 Å². The van der Waals surface area contributed by atoms with Crippen LogP contribution in [-0.2, 0) is 14.8 Å². The summed E-state index contributed by atoms with van der Waals surface area (Å²) in [6.07, 6.45) is 1.31. The van der Waals surface area contributed by atoms with E-state index in [1.807, 2.05) is 31.2 Å². The van der Waals surface area contributed by atoms with Gasteiger partial charge < -0.3 is 5.32 Å². The lowest BCUT2D eigenvalue weighted by Crippen LogP contribution is -2.43. The van der Waals surface area contributed by atoms with Gasteiger partial charge >= 0.3 is 0 Å². The molecule has 1 saturated heterocycles. The standard InChI is InChI=1S/C22H27ClN2O3S/c1-15(2)17-7-9-19(10-8-17)24-22(26)18-5-4-12-25(14-18)29(27,28)20-11-6-16(3)21(23)13-20/h6-11,13,15,18H,4-5,12,14H2,1-3H3,(H,24,26)/t18-/m1/s1. The Morgan fingerprint density at radius 2 is 1.86 bits per heavy atom. The van der Waals surface area contributed by atoms with Gasteiger partial charge in [0.05, 0.1) is 10.8 Å². The van der Waals surface area contributed by atoms with E-state index in [1.165, 1.54) is 15.9 Å². The predicted octanol–water partition coefficient (Wildman–Crippen LogP) is 4.81. The summed E-state index contributed by atoms with van der Waals surface area (Å²) in [6, 6.07) is 12.5. The topological polar surface area (TPSA) is 66.5 Å². The first kappa shape index (κ1) is 21.8. The van der Waals surface area contributed by atoms with Crippen LogP contribution in [-0.4, -0.2) is 31.7 Å². The molecule has 0 aromatic heterocycles. The number of anilines is 1. The SMILES string of the molecule is Cc1ccc(S(=O)(=O)N2CCC[C@@H](C(=O)Nc3ccc(C(C)C)cc3)C2)cc1Cl. The molecule has 1 amide bonds. The number of aryl methyl sites for hydroxylation is 1. The second kappa shape index (κ2) is 8.86. The summed E-state index contributed by atoms with van der Waals surface area (Å²) in [5.41, 5.74) is 2.75. The molecular formula is C22H27ClN2O3S. The van der Waals surface area contributed by atoms with Crippen molar-refractivity contribution in [2.24, 2.45) is 5.92 Å². The van der Waals surface area contributed by atoms with E-state index in [0.717, 1.165) is 11.3 Å². The number of hydrogen-bond donors (Lipinski definition) is 1. The van der Waals surface area contributed by atoms with E-state index in [0.29, 0.717) is 30.3 Å². The highest BCUT2D eigenvalue weighted by atomic mass is 35.5. The Morgan fingerprint density at radius 3 is 2.48 bits per heavy atom. The molecule has 3 rings (SSSR count). The summed E-state index contributed by atoms with van der Waals surface area (Å²) >= 11 is 6.11. The van der Waals surface area contributed by atoms with Crippen molar-refractivity contribution >= 4 is 33.2 Å². The molecular weight excluding hydrogens is 408 g/mol. The monoisotopic (exact) mass is 434 g/mol. The zero-order valence-electron chi connectivity index (χ0n) is 17.0. The van der Waals surface area contributed by atoms with Crippen LogP contribution in [0.15, 0.2) is 47.4 Å². The Labute approximate surface area is 178 Å². The molecule has 1 aliphatic heterocycles. The fraction of sp³-hybridized carbons (Fsp3) is 0.409. The lowest BCUT2D eigenvalue weighted by atomic mass is 9.98. The Balaban J connectivity index is 1.70. The number of amides is 1. The summed E-state index contributed by atoms with van der Waals surface area (Å²) in [5.74, 6) is -0.111. The molecule has 0 saturated carbocycles. The highest BCUT2D eigenvalue weighted by molar-refractivity contribution is 7.89. The molecule has 1 atom stereocenters. The minimum Gasteiger partial charge on any atom is -0.326 e. The van der Waals surface area contributed by atoms with E-state index in [1.54, 1.807) is 12.1 Å². The van der Waals surface area contributed by atoms with Crippen LogP contribution in [0, 0.1) is 12.8 Å². The molecule has 29 heavy (non-hydrogen) atoms. The Hall–Kier alpha value is -1.89. The molecule has 1 aliphatic rings. The predicted molar refractivity (Wildman–Crippen MR) is 117 cm³/mol. The van der Waals surface area contributed by atoms with Crippen molar-refractivity contribution in [1.82, 2.24) is 4.31 Å². The smallest absolute Gasteiger partial charge is 0.243 e. The summed E-state index contributed by atoms with van der Waals surface area (Å²) < 4.78 is 27.4. The van der Waals surface area contributed by atoms with Crippen molar-refractivity contribution < 1.29 is 13.2 Å². The highest BCUT2D eigenvalue weighted by Gasteiger charge is 2.33. The molecule has 0 unspecified atom stereocenters. The van der Waals surface area contributed by atoms with Gasteiger partial charge in [0.2, 0.25) is 15.9 Å². The molecule has 7 heteroatoms. The fourth-order valence-electron chi connectivity index (χ4n) is 3.45. The second-order valence-electron chi connectivity index (χ2n) is 7.88. The van der Waals surface area contributed by atoms with Gasteiger partial charge in [-0.2, -0.15) is 4.31 Å². The molecule has 0 aliphatic carbocycles. The number of sulfonamides is 1. The zero-order valence-corrected chi connectivity index (χ0v) is 18.6. The van der Waals surface area contributed by atoms with Crippen LogP contribution in [0.3, 0.4) is 0 Å². The summed E-state index contributed by atoms with van der Waals surface area (Å²) in [7, 11) is -3.69. The number of nitrogens with one attached hydrogen (secondary N) is 1. The summed E-state index contributed by atoms with van der Waals surface area (Å²) in [5, 5.41) is 3.34. The molecule has 1 heterocycles. The van der Waals surface area contributed by atoms with Crippen molar-refractivity contribution in [1.29, 1.82) is 0 Å². The number of nitrogens with zero attached hydrogens (tertiary/aromatic N) is 1. The number of halogens is 1. The molecule has 2 aromatic rings. The van der Waals surface area contributed by atoms with Crippen LogP contribution in [0.4, 0.5) is 5.69 Å². The molecule has 2 aromatic carbocycles. The lowest BCUT2D eigenvalue weighted by molar-refractivity contribution is -0.120. The van der Waals surface area contributed by atoms with E-state index in [-0.39, 0.29) is 23.3 Å². The number of piperidine rings is 1. The van der Waals surface area contributed by atoms with E-state index >= 15 is 0 Å². The quantitative estimate of drug-likeness (QED) is 0.734. The first-order valence-corrected chi connectivity index (χ1v) is 11.7. The Bertz CT molecular complexity index is 988. The van der Waals surface area contributed by atoms with Crippen molar-refractivity contribution in [3.63, 3.8) is 0 Å². The molecule has 0 radical (unpaired) electrons. The Morgan fingerprint density at radius 1 is 1.17 bits per heavy atom. The third-order valence-corrected chi connectivity index (χ3v) is 7.65. The molecule has 1 fully saturated rings. The van der Waals surface area contributed by atoms with Gasteiger partial charge in [-0.05, 0) is 61.1 Å². The third-order valence-electron chi connectivity index (χ3n) is 5.38. The molecule has 156 valence electrons. The van der Waals surface area contributed by atoms with Gasteiger partial charge in [-0.3, -0.25) is 4.79 Å². The van der Waals surface area contributed by atoms with E-state index in [4.69, 9.17) is 11.6 Å². The first-order chi connectivity index (χ1) is 13.7. The van der Waals surface area contributed by atoms with Crippen molar-refractivity contribution in [2.45, 2.75) is 44.4 Å². The second-order valence-corrected chi connectivity index (χ2v) is 10.2. The maximum atomic E-state index is 13.0. The van der Waals surface area contributed by atoms with Crippen molar-refractivity contribution in [2.75, 3.05) is 18.4 Å². The number of hydrogen-bond acceptors (Lipinski definition) is 3. The van der Waals surface area contributed by atoms with E-state index in [2.05, 4.69) is 19.2 Å². The average molecular weight is 435 g/mol. The molecule has 0 bridgehead atoms. The van der Waals surface area contributed by atoms with Crippen LogP contribution in [0.1, 0.15) is 43.7 Å². The lowest BCUT2D eigenvalue weighted by Gasteiger charge is -2.31. The minimum absolute atomic E-state index is 0.149. The van der Waals surface area contributed by atoms with Gasteiger partial charge in [0, 0.05) is 23.8 Å². The average Bonchev–Trinajstić information content (AvgIpc) is 2.70. The van der Waals surface area contributed by atoms with Crippen LogP contribution in [0.25, 0.3) is 0 Å². The van der Waals surface area contributed by atoms with Crippen molar-refractivity contribution in [3.8, 4) is 0 Å². The largest absolute Gasteiger partial charge is 0.326 e. The third kappa shape index (κ3) is 5.00. The normalized spacial score (nSPS) is 18.0. The van der Waals surface area contributed by atoms with Gasteiger partial charge in [-0.1, -0.05) is 43.6 Å². The maximum absolute atomic E-state index is 13.0. The zero-order chi connectivity index (χ0) is 21.2. The minimum atomic E-state index is -3.69. The number of benzene rings is 2. The van der Waals surface area contributed by atoms with E-state index in [9.17, 15) is 13.2 Å².